The van der Waals surface area contributed by atoms with E-state index in [0.29, 0.717) is 23.4 Å². The monoisotopic (exact) mass is 506 g/mol. The summed E-state index contributed by atoms with van der Waals surface area (Å²) < 4.78 is 5.41. The van der Waals surface area contributed by atoms with Crippen molar-refractivity contribution in [3.8, 4) is 0 Å². The number of rotatable bonds is 12. The summed E-state index contributed by atoms with van der Waals surface area (Å²) in [5.41, 5.74) is 4.07. The SMILES string of the molecule is CCCCCCc1ccc(C(=O)Nc2ccc(N3CCCC3)c(C(=O)NCCN3CCOCC3)c2)cc1. The van der Waals surface area contributed by atoms with Gasteiger partial charge in [-0.3, -0.25) is 14.5 Å². The van der Waals surface area contributed by atoms with Gasteiger partial charge in [-0.2, -0.15) is 0 Å². The fourth-order valence-corrected chi connectivity index (χ4v) is 5.06. The van der Waals surface area contributed by atoms with Gasteiger partial charge in [0.2, 0.25) is 0 Å². The third-order valence-corrected chi connectivity index (χ3v) is 7.30. The van der Waals surface area contributed by atoms with Gasteiger partial charge in [0.1, 0.15) is 0 Å². The zero-order valence-corrected chi connectivity index (χ0v) is 22.3. The summed E-state index contributed by atoms with van der Waals surface area (Å²) in [6.45, 7) is 8.79. The van der Waals surface area contributed by atoms with E-state index in [-0.39, 0.29) is 11.8 Å². The van der Waals surface area contributed by atoms with Crippen LogP contribution in [0.25, 0.3) is 0 Å². The second-order valence-electron chi connectivity index (χ2n) is 10.1. The number of anilines is 2. The predicted octanol–water partition coefficient (Wildman–Crippen LogP) is 4.72. The summed E-state index contributed by atoms with van der Waals surface area (Å²) in [7, 11) is 0. The van der Waals surface area contributed by atoms with Crippen molar-refractivity contribution in [3.05, 3.63) is 59.2 Å². The predicted molar refractivity (Wildman–Crippen MR) is 150 cm³/mol. The molecule has 2 aliphatic heterocycles. The topological polar surface area (TPSA) is 73.9 Å². The van der Waals surface area contributed by atoms with Crippen LogP contribution < -0.4 is 15.5 Å². The highest BCUT2D eigenvalue weighted by molar-refractivity contribution is 6.06. The number of amides is 2. The molecule has 7 nitrogen and oxygen atoms in total. The smallest absolute Gasteiger partial charge is 0.255 e. The lowest BCUT2D eigenvalue weighted by Gasteiger charge is -2.26. The minimum Gasteiger partial charge on any atom is -0.379 e. The van der Waals surface area contributed by atoms with Crippen LogP contribution in [0.4, 0.5) is 11.4 Å². The van der Waals surface area contributed by atoms with Gasteiger partial charge in [-0.15, -0.1) is 0 Å². The molecule has 0 radical (unpaired) electrons. The van der Waals surface area contributed by atoms with Crippen molar-refractivity contribution in [2.45, 2.75) is 51.9 Å². The first-order valence-corrected chi connectivity index (χ1v) is 14.0. The summed E-state index contributed by atoms with van der Waals surface area (Å²) in [6.07, 6.45) is 8.23. The number of morpholine rings is 1. The standard InChI is InChI=1S/C30H42N4O3/c1-2-3-4-5-8-24-9-11-25(12-10-24)29(35)32-26-13-14-28(34-16-6-7-17-34)27(23-26)30(36)31-15-18-33-19-21-37-22-20-33/h9-14,23H,2-8,15-22H2,1H3,(H,31,36)(H,32,35). The van der Waals surface area contributed by atoms with Gasteiger partial charge in [-0.25, -0.2) is 0 Å². The van der Waals surface area contributed by atoms with Gasteiger partial charge in [0, 0.05) is 56.2 Å². The largest absolute Gasteiger partial charge is 0.379 e. The van der Waals surface area contributed by atoms with Crippen molar-refractivity contribution in [1.29, 1.82) is 0 Å². The van der Waals surface area contributed by atoms with E-state index in [9.17, 15) is 9.59 Å². The summed E-state index contributed by atoms with van der Waals surface area (Å²) in [5, 5.41) is 6.09. The van der Waals surface area contributed by atoms with Crippen LogP contribution in [0, 0.1) is 0 Å². The molecule has 2 N–H and O–H groups in total. The van der Waals surface area contributed by atoms with E-state index >= 15 is 0 Å². The number of nitrogens with zero attached hydrogens (tertiary/aromatic N) is 2. The fourth-order valence-electron chi connectivity index (χ4n) is 5.06. The molecule has 2 amide bonds. The number of carbonyl (C=O) groups is 2. The first-order valence-electron chi connectivity index (χ1n) is 14.0. The van der Waals surface area contributed by atoms with Crippen LogP contribution in [0.1, 0.15) is 71.7 Å². The average molecular weight is 507 g/mol. The van der Waals surface area contributed by atoms with Gasteiger partial charge in [0.25, 0.3) is 11.8 Å². The van der Waals surface area contributed by atoms with Crippen LogP contribution in [-0.2, 0) is 11.2 Å². The normalized spacial score (nSPS) is 16.1. The molecule has 0 spiro atoms. The number of aryl methyl sites for hydroxylation is 1. The molecule has 0 aromatic heterocycles. The Morgan fingerprint density at radius 2 is 1.65 bits per heavy atom. The van der Waals surface area contributed by atoms with Crippen LogP contribution in [-0.4, -0.2) is 69.2 Å². The van der Waals surface area contributed by atoms with Gasteiger partial charge in [-0.05, 0) is 61.6 Å². The molecule has 4 rings (SSSR count). The average Bonchev–Trinajstić information content (AvgIpc) is 3.47. The van der Waals surface area contributed by atoms with Crippen molar-refractivity contribution >= 4 is 23.2 Å². The van der Waals surface area contributed by atoms with Crippen LogP contribution in [0.2, 0.25) is 0 Å². The van der Waals surface area contributed by atoms with Crippen LogP contribution in [0.15, 0.2) is 42.5 Å². The van der Waals surface area contributed by atoms with Gasteiger partial charge in [0.15, 0.2) is 0 Å². The van der Waals surface area contributed by atoms with E-state index in [2.05, 4.69) is 27.4 Å². The van der Waals surface area contributed by atoms with Crippen LogP contribution in [0.3, 0.4) is 0 Å². The molecule has 7 heteroatoms. The molecule has 2 fully saturated rings. The molecule has 2 aromatic rings. The summed E-state index contributed by atoms with van der Waals surface area (Å²) in [4.78, 5) is 30.8. The molecule has 0 aliphatic carbocycles. The minimum absolute atomic E-state index is 0.0984. The van der Waals surface area contributed by atoms with Gasteiger partial charge < -0.3 is 20.3 Å². The lowest BCUT2D eigenvalue weighted by Crippen LogP contribution is -2.41. The second kappa shape index (κ2) is 14.1. The quantitative estimate of drug-likeness (QED) is 0.408. The lowest BCUT2D eigenvalue weighted by molar-refractivity contribution is 0.0383. The van der Waals surface area contributed by atoms with E-state index in [1.165, 1.54) is 31.2 Å². The summed E-state index contributed by atoms with van der Waals surface area (Å²) >= 11 is 0. The van der Waals surface area contributed by atoms with Crippen LogP contribution in [0.5, 0.6) is 0 Å². The molecule has 2 saturated heterocycles. The molecular formula is C30H42N4O3. The summed E-state index contributed by atoms with van der Waals surface area (Å²) in [6, 6.07) is 13.6. The van der Waals surface area contributed by atoms with Gasteiger partial charge in [0.05, 0.1) is 18.8 Å². The maximum absolute atomic E-state index is 13.2. The molecule has 0 atom stereocenters. The first kappa shape index (κ1) is 27.1. The number of benzene rings is 2. The maximum atomic E-state index is 13.2. The highest BCUT2D eigenvalue weighted by Crippen LogP contribution is 2.28. The highest BCUT2D eigenvalue weighted by Gasteiger charge is 2.21. The second-order valence-corrected chi connectivity index (χ2v) is 10.1. The molecule has 2 aromatic carbocycles. The Bertz CT molecular complexity index is 1010. The third kappa shape index (κ3) is 8.04. The number of ether oxygens (including phenoxy) is 1. The Labute approximate surface area is 221 Å². The number of carbonyl (C=O) groups excluding carboxylic acids is 2. The Morgan fingerprint density at radius 1 is 0.892 bits per heavy atom. The summed E-state index contributed by atoms with van der Waals surface area (Å²) in [5.74, 6) is -0.260. The number of hydrogen-bond acceptors (Lipinski definition) is 5. The van der Waals surface area contributed by atoms with Crippen LogP contribution >= 0.6 is 0 Å². The van der Waals surface area contributed by atoms with Crippen molar-refractivity contribution in [2.24, 2.45) is 0 Å². The Balaban J connectivity index is 1.39. The number of unbranched alkanes of at least 4 members (excludes halogenated alkanes) is 3. The molecule has 2 heterocycles. The van der Waals surface area contributed by atoms with Crippen molar-refractivity contribution in [1.82, 2.24) is 10.2 Å². The Kier molecular flexibility index (Phi) is 10.4. The molecule has 0 unspecified atom stereocenters. The van der Waals surface area contributed by atoms with Gasteiger partial charge >= 0.3 is 0 Å². The maximum Gasteiger partial charge on any atom is 0.255 e. The zero-order chi connectivity index (χ0) is 25.9. The Morgan fingerprint density at radius 3 is 2.38 bits per heavy atom. The minimum atomic E-state index is -0.162. The molecule has 2 aliphatic rings. The van der Waals surface area contributed by atoms with Crippen molar-refractivity contribution in [3.63, 3.8) is 0 Å². The number of hydrogen-bond donors (Lipinski definition) is 2. The van der Waals surface area contributed by atoms with Crippen molar-refractivity contribution < 1.29 is 14.3 Å². The molecule has 0 saturated carbocycles. The molecule has 0 bridgehead atoms. The fraction of sp³-hybridized carbons (Fsp3) is 0.533. The van der Waals surface area contributed by atoms with E-state index in [1.807, 2.05) is 42.5 Å². The zero-order valence-electron chi connectivity index (χ0n) is 22.3. The molecule has 200 valence electrons. The Hall–Kier alpha value is -2.90. The highest BCUT2D eigenvalue weighted by atomic mass is 16.5. The number of nitrogens with one attached hydrogen (secondary N) is 2. The third-order valence-electron chi connectivity index (χ3n) is 7.30. The first-order chi connectivity index (χ1) is 18.1. The van der Waals surface area contributed by atoms with Crippen molar-refractivity contribution in [2.75, 3.05) is 62.7 Å². The van der Waals surface area contributed by atoms with E-state index in [0.717, 1.165) is 70.9 Å². The van der Waals surface area contributed by atoms with Gasteiger partial charge in [-0.1, -0.05) is 38.3 Å². The molecule has 37 heavy (non-hydrogen) atoms. The lowest BCUT2D eigenvalue weighted by atomic mass is 10.0. The molecular weight excluding hydrogens is 464 g/mol. The van der Waals surface area contributed by atoms with E-state index < -0.39 is 0 Å². The van der Waals surface area contributed by atoms with E-state index in [4.69, 9.17) is 4.74 Å². The van der Waals surface area contributed by atoms with E-state index in [1.54, 1.807) is 0 Å².